The van der Waals surface area contributed by atoms with Crippen LogP contribution in [0.5, 0.6) is 5.75 Å². The van der Waals surface area contributed by atoms with E-state index in [1.54, 1.807) is 30.2 Å². The fourth-order valence-electron chi connectivity index (χ4n) is 6.95. The lowest BCUT2D eigenvalue weighted by molar-refractivity contribution is -0.123. The Morgan fingerprint density at radius 1 is 1.02 bits per heavy atom. The Kier molecular flexibility index (Phi) is 11.5. The van der Waals surface area contributed by atoms with Crippen LogP contribution < -0.4 is 13.2 Å². The minimum atomic E-state index is -0.455. The summed E-state index contributed by atoms with van der Waals surface area (Å²) >= 11 is 2.91. The van der Waals surface area contributed by atoms with E-state index in [2.05, 4.69) is 57.8 Å². The molecule has 3 fully saturated rings. The Labute approximate surface area is 292 Å². The molecule has 46 heavy (non-hydrogen) atoms. The zero-order valence-corrected chi connectivity index (χ0v) is 31.0. The first-order valence-corrected chi connectivity index (χ1v) is 21.1. The Balaban J connectivity index is 1.16. The molecule has 9 heteroatoms. The molecule has 0 unspecified atom stereocenters. The van der Waals surface area contributed by atoms with E-state index in [-0.39, 0.29) is 17.7 Å². The first-order chi connectivity index (χ1) is 22.4. The van der Waals surface area contributed by atoms with Gasteiger partial charge in [-0.05, 0) is 149 Å². The summed E-state index contributed by atoms with van der Waals surface area (Å²) < 4.78 is 10.1. The molecule has 3 aliphatic rings. The van der Waals surface area contributed by atoms with Crippen molar-refractivity contribution in [2.75, 3.05) is 30.6 Å². The average Bonchev–Trinajstić information content (AvgIpc) is 3.82. The van der Waals surface area contributed by atoms with Crippen LogP contribution in [0.2, 0.25) is 0 Å². The maximum Gasteiger partial charge on any atom is 0.238 e. The van der Waals surface area contributed by atoms with Gasteiger partial charge in [-0.25, -0.2) is 4.98 Å². The molecule has 0 saturated heterocycles. The van der Waals surface area contributed by atoms with Crippen molar-refractivity contribution in [3.63, 3.8) is 0 Å². The summed E-state index contributed by atoms with van der Waals surface area (Å²) in [7, 11) is 1.73. The van der Waals surface area contributed by atoms with Gasteiger partial charge in [-0.2, -0.15) is 11.8 Å². The lowest BCUT2D eigenvalue weighted by Gasteiger charge is -2.35. The number of carbonyl (C=O) groups is 2. The number of thioether (sulfide) groups is 1. The molecule has 0 radical (unpaired) electrons. The molecule has 1 N–H and O–H groups in total. The molecule has 3 aromatic rings. The number of carbonyl (C=O) groups excluding carboxylic acids is 2. The number of benzene rings is 2. The molecule has 0 aliphatic heterocycles. The van der Waals surface area contributed by atoms with Crippen LogP contribution in [0, 0.1) is 18.8 Å². The molecule has 6 rings (SSSR count). The molecule has 1 aromatic heterocycles. The van der Waals surface area contributed by atoms with E-state index in [0.717, 1.165) is 74.9 Å². The normalized spacial score (nSPS) is 21.5. The van der Waals surface area contributed by atoms with Crippen LogP contribution in [0.15, 0.2) is 48.7 Å². The first kappa shape index (κ1) is 33.7. The van der Waals surface area contributed by atoms with Gasteiger partial charge in [0.2, 0.25) is 11.8 Å². The number of anilines is 1. The lowest BCUT2D eigenvalue weighted by Crippen LogP contribution is -2.41. The summed E-state index contributed by atoms with van der Waals surface area (Å²) in [5.74, 6) is 3.60. The molecule has 2 amide bonds. The van der Waals surface area contributed by atoms with Crippen LogP contribution >= 0.6 is 44.1 Å². The highest BCUT2D eigenvalue weighted by Crippen LogP contribution is 2.44. The number of aryl methyl sites for hydroxylation is 1. The number of rotatable bonds is 11. The topological polar surface area (TPSA) is 71.5 Å². The van der Waals surface area contributed by atoms with E-state index in [1.807, 2.05) is 12.5 Å². The van der Waals surface area contributed by atoms with Crippen LogP contribution in [0.3, 0.4) is 0 Å². The number of thiazole rings is 1. The van der Waals surface area contributed by atoms with Gasteiger partial charge in [0.1, 0.15) is 5.75 Å². The van der Waals surface area contributed by atoms with Crippen molar-refractivity contribution < 1.29 is 14.3 Å². The second-order valence-corrected chi connectivity index (χ2v) is 17.7. The van der Waals surface area contributed by atoms with Crippen molar-refractivity contribution in [2.24, 2.45) is 11.8 Å². The number of aromatic nitrogens is 1. The van der Waals surface area contributed by atoms with Crippen molar-refractivity contribution in [3.05, 3.63) is 64.8 Å². The van der Waals surface area contributed by atoms with E-state index in [9.17, 15) is 9.59 Å². The van der Waals surface area contributed by atoms with E-state index in [0.29, 0.717) is 23.5 Å². The minimum Gasteiger partial charge on any atom is -0.496 e. The van der Waals surface area contributed by atoms with E-state index in [1.165, 1.54) is 37.4 Å². The van der Waals surface area contributed by atoms with Crippen LogP contribution in [-0.2, 0) is 9.59 Å². The van der Waals surface area contributed by atoms with E-state index < -0.39 is 21.0 Å². The minimum absolute atomic E-state index is 0.0294. The fraction of sp³-hybridized carbons (Fsp3) is 0.514. The average molecular weight is 772 g/mol. The number of nitrogens with one attached hydrogen (secondary N) is 1. The molecular weight excluding hydrogens is 725 g/mol. The lowest BCUT2D eigenvalue weighted by atomic mass is 9.78. The molecule has 1 heterocycles. The highest BCUT2D eigenvalue weighted by atomic mass is 127. The molecule has 0 spiro atoms. The number of ether oxygens (including phenoxy) is 1. The third-order valence-corrected chi connectivity index (χ3v) is 14.2. The van der Waals surface area contributed by atoms with Gasteiger partial charge in [0.05, 0.1) is 22.7 Å². The molecule has 246 valence electrons. The first-order valence-electron chi connectivity index (χ1n) is 16.7. The number of halogens is 1. The quantitative estimate of drug-likeness (QED) is 0.156. The van der Waals surface area contributed by atoms with Crippen molar-refractivity contribution >= 4 is 65.1 Å². The Morgan fingerprint density at radius 3 is 2.48 bits per heavy atom. The SMILES string of the molecule is COc1ccc(C2CCC(CN(C(=O)C3CCC(=INC(=O)CSC)CC3)c3cccc(-c4cnc(C5CC5)s4)c3)CC2)cc1C. The van der Waals surface area contributed by atoms with E-state index >= 15 is 0 Å². The molecule has 0 bridgehead atoms. The van der Waals surface area contributed by atoms with Crippen molar-refractivity contribution in [2.45, 2.75) is 83.0 Å². The predicted octanol–water partition coefficient (Wildman–Crippen LogP) is 9.04. The Morgan fingerprint density at radius 2 is 1.78 bits per heavy atom. The number of nitrogens with zero attached hydrogens (tertiary/aromatic N) is 2. The molecular formula is C37H46IN3O3S2. The number of amides is 2. The van der Waals surface area contributed by atoms with Gasteiger partial charge in [-0.15, -0.1) is 11.3 Å². The monoisotopic (exact) mass is 771 g/mol. The summed E-state index contributed by atoms with van der Waals surface area (Å²) in [4.78, 5) is 34.5. The third kappa shape index (κ3) is 8.42. The maximum atomic E-state index is 14.4. The van der Waals surface area contributed by atoms with Gasteiger partial charge < -0.3 is 13.2 Å². The number of hydrogen-bond acceptors (Lipinski definition) is 6. The second kappa shape index (κ2) is 15.8. The number of methoxy groups -OCH3 is 1. The van der Waals surface area contributed by atoms with Gasteiger partial charge in [0.25, 0.3) is 0 Å². The molecule has 6 nitrogen and oxygen atoms in total. The van der Waals surface area contributed by atoms with Gasteiger partial charge in [-0.1, -0.05) is 24.3 Å². The Hall–Kier alpha value is -2.24. The number of hydrogen-bond donors (Lipinski definition) is 1. The standard InChI is InChI=1S/C37H46IN3O3S2/c1-24-19-29(15-18-33(24)44-2)26-9-7-25(8-10-26)22-41(37(43)28-13-16-31(17-14-28)38-40-35(42)23-45-3)32-6-4-5-30(20-32)34-21-39-36(46-34)27-11-12-27/h4-6,15,18-21,25-28H,7-14,16-17,22-23H2,1-3H3,(H,40,42). The van der Waals surface area contributed by atoms with Crippen LogP contribution in [0.1, 0.15) is 92.2 Å². The van der Waals surface area contributed by atoms with Crippen molar-refractivity contribution in [3.8, 4) is 16.2 Å². The summed E-state index contributed by atoms with van der Waals surface area (Å²) in [5, 5.41) is 1.25. The van der Waals surface area contributed by atoms with Gasteiger partial charge in [0.15, 0.2) is 0 Å². The van der Waals surface area contributed by atoms with Gasteiger partial charge in [-0.3, -0.25) is 9.59 Å². The highest BCUT2D eigenvalue weighted by molar-refractivity contribution is 14.2. The molecule has 0 atom stereocenters. The molecule has 3 saturated carbocycles. The zero-order chi connectivity index (χ0) is 32.0. The smallest absolute Gasteiger partial charge is 0.238 e. The van der Waals surface area contributed by atoms with Gasteiger partial charge in [0, 0.05) is 30.3 Å². The second-order valence-electron chi connectivity index (χ2n) is 13.1. The molecule has 3 aliphatic carbocycles. The largest absolute Gasteiger partial charge is 0.496 e. The Bertz CT molecular complexity index is 1550. The van der Waals surface area contributed by atoms with Crippen LogP contribution in [0.25, 0.3) is 10.4 Å². The summed E-state index contributed by atoms with van der Waals surface area (Å²) in [6.07, 6.45) is 14.7. The predicted molar refractivity (Wildman–Crippen MR) is 202 cm³/mol. The van der Waals surface area contributed by atoms with Crippen molar-refractivity contribution in [1.29, 1.82) is 0 Å². The highest BCUT2D eigenvalue weighted by Gasteiger charge is 2.32. The third-order valence-electron chi connectivity index (χ3n) is 9.78. The summed E-state index contributed by atoms with van der Waals surface area (Å²) in [5.41, 5.74) is 4.78. The summed E-state index contributed by atoms with van der Waals surface area (Å²) in [6, 6.07) is 15.3. The molecule has 2 aromatic carbocycles. The summed E-state index contributed by atoms with van der Waals surface area (Å²) in [6.45, 7) is 2.90. The maximum absolute atomic E-state index is 14.4. The van der Waals surface area contributed by atoms with Crippen LogP contribution in [-0.4, -0.2) is 46.0 Å². The fourth-order valence-corrected chi connectivity index (χ4v) is 10.7. The van der Waals surface area contributed by atoms with Gasteiger partial charge >= 0.3 is 0 Å². The zero-order valence-electron chi connectivity index (χ0n) is 27.2. The van der Waals surface area contributed by atoms with E-state index in [4.69, 9.17) is 9.72 Å². The van der Waals surface area contributed by atoms with Crippen molar-refractivity contribution in [1.82, 2.24) is 8.51 Å². The van der Waals surface area contributed by atoms with Crippen LogP contribution in [0.4, 0.5) is 5.69 Å².